The van der Waals surface area contributed by atoms with E-state index in [9.17, 15) is 9.59 Å². The van der Waals surface area contributed by atoms with Crippen molar-refractivity contribution >= 4 is 5.91 Å². The zero-order chi connectivity index (χ0) is 22.3. The molecular formula is C26H26N4O3. The van der Waals surface area contributed by atoms with E-state index < -0.39 is 0 Å². The van der Waals surface area contributed by atoms with Gasteiger partial charge in [0.05, 0.1) is 18.6 Å². The summed E-state index contributed by atoms with van der Waals surface area (Å²) >= 11 is 0. The summed E-state index contributed by atoms with van der Waals surface area (Å²) in [5, 5.41) is 0. The molecule has 2 aliphatic heterocycles. The first-order chi connectivity index (χ1) is 16.0. The van der Waals surface area contributed by atoms with Gasteiger partial charge in [0.15, 0.2) is 0 Å². The maximum absolute atomic E-state index is 13.5. The molecule has 1 aromatic carbocycles. The number of ether oxygens (including phenoxy) is 1. The number of hydrogen-bond acceptors (Lipinski definition) is 4. The topological polar surface area (TPSA) is 69.4 Å². The number of benzene rings is 1. The molecule has 3 aromatic rings. The van der Waals surface area contributed by atoms with Crippen molar-refractivity contribution in [1.82, 2.24) is 19.0 Å². The second-order valence-corrected chi connectivity index (χ2v) is 10.1. The van der Waals surface area contributed by atoms with E-state index in [1.54, 1.807) is 27.6 Å². The van der Waals surface area contributed by atoms with Gasteiger partial charge in [0.2, 0.25) is 0 Å². The van der Waals surface area contributed by atoms with E-state index in [2.05, 4.69) is 23.2 Å². The molecule has 33 heavy (non-hydrogen) atoms. The van der Waals surface area contributed by atoms with Gasteiger partial charge in [-0.15, -0.1) is 0 Å². The van der Waals surface area contributed by atoms with Crippen LogP contribution in [0.2, 0.25) is 0 Å². The van der Waals surface area contributed by atoms with Gasteiger partial charge in [-0.2, -0.15) is 0 Å². The lowest BCUT2D eigenvalue weighted by Crippen LogP contribution is -2.48. The van der Waals surface area contributed by atoms with Crippen LogP contribution in [0.15, 0.2) is 47.7 Å². The van der Waals surface area contributed by atoms with Gasteiger partial charge in [0, 0.05) is 42.7 Å². The third-order valence-corrected chi connectivity index (χ3v) is 7.98. The Morgan fingerprint density at radius 3 is 2.82 bits per heavy atom. The zero-order valence-electron chi connectivity index (χ0n) is 18.7. The lowest BCUT2D eigenvalue weighted by molar-refractivity contribution is 0.0670. The van der Waals surface area contributed by atoms with Crippen LogP contribution in [0.4, 0.5) is 0 Å². The molecule has 168 valence electrons. The van der Waals surface area contributed by atoms with Crippen LogP contribution < -0.4 is 10.3 Å². The second-order valence-electron chi connectivity index (χ2n) is 10.1. The molecular weight excluding hydrogens is 416 g/mol. The van der Waals surface area contributed by atoms with Crippen LogP contribution in [0, 0.1) is 12.8 Å². The van der Waals surface area contributed by atoms with Crippen molar-refractivity contribution < 1.29 is 9.53 Å². The summed E-state index contributed by atoms with van der Waals surface area (Å²) in [5.74, 6) is 2.08. The van der Waals surface area contributed by atoms with Gasteiger partial charge in [-0.05, 0) is 55.9 Å². The molecule has 1 amide bonds. The lowest BCUT2D eigenvalue weighted by Gasteiger charge is -2.35. The highest BCUT2D eigenvalue weighted by Crippen LogP contribution is 2.60. The van der Waals surface area contributed by atoms with Gasteiger partial charge in [-0.3, -0.25) is 9.59 Å². The van der Waals surface area contributed by atoms with E-state index >= 15 is 0 Å². The highest BCUT2D eigenvalue weighted by Gasteiger charge is 2.60. The van der Waals surface area contributed by atoms with E-state index in [0.29, 0.717) is 42.9 Å². The molecule has 0 saturated heterocycles. The van der Waals surface area contributed by atoms with Crippen LogP contribution in [-0.2, 0) is 12.0 Å². The summed E-state index contributed by atoms with van der Waals surface area (Å²) in [4.78, 5) is 32.8. The van der Waals surface area contributed by atoms with Gasteiger partial charge in [0.25, 0.3) is 11.5 Å². The van der Waals surface area contributed by atoms with Crippen LogP contribution in [0.5, 0.6) is 5.75 Å². The molecule has 2 fully saturated rings. The first kappa shape index (κ1) is 19.1. The van der Waals surface area contributed by atoms with Crippen LogP contribution >= 0.6 is 0 Å². The summed E-state index contributed by atoms with van der Waals surface area (Å²) in [6.45, 7) is 4.36. The Labute approximate surface area is 191 Å². The molecule has 2 aliphatic carbocycles. The third kappa shape index (κ3) is 2.84. The molecule has 0 spiro atoms. The van der Waals surface area contributed by atoms with Crippen molar-refractivity contribution in [2.24, 2.45) is 5.92 Å². The fourth-order valence-corrected chi connectivity index (χ4v) is 5.83. The van der Waals surface area contributed by atoms with Gasteiger partial charge in [-0.25, -0.2) is 4.98 Å². The predicted molar refractivity (Wildman–Crippen MR) is 122 cm³/mol. The van der Waals surface area contributed by atoms with E-state index in [0.717, 1.165) is 24.5 Å². The van der Waals surface area contributed by atoms with Crippen LogP contribution in [0.3, 0.4) is 0 Å². The number of carbonyl (C=O) groups excluding carboxylic acids is 1. The number of fused-ring (bicyclic) bond motifs is 4. The SMILES string of the molecule is Cc1cn(-c2ccc3n(c2=O)CCN(C[C@@]24C[C@@H]2COc2ccc(C5CC5)cc24)C3=O)cn1. The number of imidazole rings is 1. The van der Waals surface area contributed by atoms with E-state index in [-0.39, 0.29) is 16.9 Å². The summed E-state index contributed by atoms with van der Waals surface area (Å²) < 4.78 is 9.39. The smallest absolute Gasteiger partial charge is 0.275 e. The Morgan fingerprint density at radius 1 is 1.15 bits per heavy atom. The number of nitrogens with zero attached hydrogens (tertiary/aromatic N) is 4. The van der Waals surface area contributed by atoms with E-state index in [4.69, 9.17) is 4.74 Å². The summed E-state index contributed by atoms with van der Waals surface area (Å²) in [6, 6.07) is 10.2. The lowest BCUT2D eigenvalue weighted by atomic mass is 9.88. The van der Waals surface area contributed by atoms with Crippen LogP contribution in [-0.4, -0.2) is 44.6 Å². The minimum atomic E-state index is -0.147. The minimum absolute atomic E-state index is 0.00904. The molecule has 0 radical (unpaired) electrons. The first-order valence-corrected chi connectivity index (χ1v) is 11.8. The molecule has 2 saturated carbocycles. The van der Waals surface area contributed by atoms with Crippen LogP contribution in [0.1, 0.15) is 52.5 Å². The van der Waals surface area contributed by atoms with Gasteiger partial charge in [-0.1, -0.05) is 12.1 Å². The Kier molecular flexibility index (Phi) is 3.82. The number of hydrogen-bond donors (Lipinski definition) is 0. The molecule has 4 heterocycles. The van der Waals surface area contributed by atoms with Crippen LogP contribution in [0.25, 0.3) is 5.69 Å². The number of amides is 1. The number of carbonyl (C=O) groups is 1. The van der Waals surface area contributed by atoms with Crippen molar-refractivity contribution in [1.29, 1.82) is 0 Å². The molecule has 0 N–H and O–H groups in total. The van der Waals surface area contributed by atoms with Gasteiger partial charge < -0.3 is 18.8 Å². The maximum atomic E-state index is 13.5. The van der Waals surface area contributed by atoms with Crippen molar-refractivity contribution in [3.63, 3.8) is 0 Å². The molecule has 7 rings (SSSR count). The fourth-order valence-electron chi connectivity index (χ4n) is 5.83. The monoisotopic (exact) mass is 442 g/mol. The largest absolute Gasteiger partial charge is 0.493 e. The Bertz CT molecular complexity index is 1370. The molecule has 2 atom stereocenters. The van der Waals surface area contributed by atoms with Gasteiger partial charge >= 0.3 is 0 Å². The van der Waals surface area contributed by atoms with E-state index in [1.807, 2.05) is 18.0 Å². The molecule has 0 bridgehead atoms. The predicted octanol–water partition coefficient (Wildman–Crippen LogP) is 3.03. The third-order valence-electron chi connectivity index (χ3n) is 7.98. The Morgan fingerprint density at radius 2 is 2.03 bits per heavy atom. The summed E-state index contributed by atoms with van der Waals surface area (Å²) in [6.07, 6.45) is 7.07. The number of aromatic nitrogens is 3. The van der Waals surface area contributed by atoms with E-state index in [1.165, 1.54) is 24.0 Å². The second kappa shape index (κ2) is 6.59. The number of rotatable bonds is 4. The maximum Gasteiger partial charge on any atom is 0.275 e. The fraction of sp³-hybridized carbons (Fsp3) is 0.423. The molecule has 2 aromatic heterocycles. The van der Waals surface area contributed by atoms with Crippen molar-refractivity contribution in [2.45, 2.75) is 44.1 Å². The Balaban J connectivity index is 1.20. The summed E-state index contributed by atoms with van der Waals surface area (Å²) in [5.41, 5.74) is 4.38. The minimum Gasteiger partial charge on any atom is -0.493 e. The average Bonchev–Trinajstić information content (AvgIpc) is 3.73. The number of pyridine rings is 1. The summed E-state index contributed by atoms with van der Waals surface area (Å²) in [7, 11) is 0. The highest BCUT2D eigenvalue weighted by molar-refractivity contribution is 5.93. The van der Waals surface area contributed by atoms with Gasteiger partial charge in [0.1, 0.15) is 17.1 Å². The zero-order valence-corrected chi connectivity index (χ0v) is 18.7. The average molecular weight is 443 g/mol. The normalized spacial score (nSPS) is 25.2. The quantitative estimate of drug-likeness (QED) is 0.623. The molecule has 7 nitrogen and oxygen atoms in total. The molecule has 4 aliphatic rings. The van der Waals surface area contributed by atoms with Crippen molar-refractivity contribution in [2.75, 3.05) is 19.7 Å². The standard InChI is InChI=1S/C26H26N4O3/c1-16-12-29(15-27-16)21-5-6-22-24(31)28(8-9-30(22)25(21)32)14-26-11-19(26)13-33-23-7-4-18(10-20(23)26)17-2-3-17/h4-7,10,12,15,17,19H,2-3,8-9,11,13-14H2,1H3/t19-,26+/m1/s1. The first-order valence-electron chi connectivity index (χ1n) is 11.8. The Hall–Kier alpha value is -3.35. The number of aryl methyl sites for hydroxylation is 1. The molecule has 7 heteroatoms. The highest BCUT2D eigenvalue weighted by atomic mass is 16.5. The van der Waals surface area contributed by atoms with Crippen molar-refractivity contribution in [3.05, 3.63) is 75.7 Å². The molecule has 0 unspecified atom stereocenters. The van der Waals surface area contributed by atoms with Crippen molar-refractivity contribution in [3.8, 4) is 11.4 Å².